The standard InChI is InChI=1S/C24H38N4O2/c1-17-8-6-11-22(20(17)4)25-23(29)16-26-12-14-27(15-13-26)21(5)24(30)28-18(2)9-7-10-19(28)3/h6,8,11,18-19,21H,7,9-10,12-16H2,1-5H3,(H,25,29)/p+2/t18-,19-,21-/m0/s1. The Morgan fingerprint density at radius 1 is 1.10 bits per heavy atom. The average Bonchev–Trinajstić information content (AvgIpc) is 2.71. The molecule has 2 aliphatic rings. The normalized spacial score (nSPS) is 28.1. The second kappa shape index (κ2) is 9.92. The first-order valence-electron chi connectivity index (χ1n) is 11.6. The van der Waals surface area contributed by atoms with Crippen LogP contribution in [0.15, 0.2) is 18.2 Å². The van der Waals surface area contributed by atoms with E-state index in [-0.39, 0.29) is 11.9 Å². The summed E-state index contributed by atoms with van der Waals surface area (Å²) in [5.41, 5.74) is 3.23. The number of piperidine rings is 1. The number of hydrogen-bond donors (Lipinski definition) is 3. The summed E-state index contributed by atoms with van der Waals surface area (Å²) in [7, 11) is 0. The van der Waals surface area contributed by atoms with Crippen molar-refractivity contribution in [2.75, 3.05) is 38.0 Å². The highest BCUT2D eigenvalue weighted by Crippen LogP contribution is 2.23. The molecule has 3 N–H and O–H groups in total. The fraction of sp³-hybridized carbons (Fsp3) is 0.667. The van der Waals surface area contributed by atoms with Crippen molar-refractivity contribution in [3.63, 3.8) is 0 Å². The third-order valence-electron chi connectivity index (χ3n) is 7.32. The van der Waals surface area contributed by atoms with Crippen LogP contribution in [-0.4, -0.2) is 67.6 Å². The highest BCUT2D eigenvalue weighted by Gasteiger charge is 2.38. The van der Waals surface area contributed by atoms with E-state index < -0.39 is 0 Å². The largest absolute Gasteiger partial charge is 0.332 e. The number of likely N-dealkylation sites (tertiary alicyclic amines) is 1. The minimum Gasteiger partial charge on any atom is -0.332 e. The number of aryl methyl sites for hydroxylation is 1. The molecule has 0 unspecified atom stereocenters. The Morgan fingerprint density at radius 3 is 2.37 bits per heavy atom. The molecule has 0 aromatic heterocycles. The van der Waals surface area contributed by atoms with Gasteiger partial charge in [0, 0.05) is 17.8 Å². The minimum atomic E-state index is -0.00156. The molecule has 0 radical (unpaired) electrons. The molecule has 3 rings (SSSR count). The Morgan fingerprint density at radius 2 is 1.73 bits per heavy atom. The first-order chi connectivity index (χ1) is 14.3. The van der Waals surface area contributed by atoms with Crippen molar-refractivity contribution in [1.82, 2.24) is 4.90 Å². The smallest absolute Gasteiger partial charge is 0.281 e. The summed E-state index contributed by atoms with van der Waals surface area (Å²) < 4.78 is 0. The lowest BCUT2D eigenvalue weighted by Gasteiger charge is -2.42. The molecular weight excluding hydrogens is 376 g/mol. The van der Waals surface area contributed by atoms with Gasteiger partial charge in [-0.25, -0.2) is 0 Å². The summed E-state index contributed by atoms with van der Waals surface area (Å²) in [6, 6.07) is 6.71. The van der Waals surface area contributed by atoms with Crippen LogP contribution in [0, 0.1) is 13.8 Å². The highest BCUT2D eigenvalue weighted by atomic mass is 16.2. The van der Waals surface area contributed by atoms with E-state index in [4.69, 9.17) is 0 Å². The lowest BCUT2D eigenvalue weighted by atomic mass is 9.96. The molecule has 6 nitrogen and oxygen atoms in total. The van der Waals surface area contributed by atoms with E-state index in [2.05, 4.69) is 44.0 Å². The SMILES string of the molecule is Cc1cccc(NC(=O)C[NH+]2CC[NH+]([C@@H](C)C(=O)N3[C@@H](C)CCC[C@@H]3C)CC2)c1C. The number of amides is 2. The van der Waals surface area contributed by atoms with Crippen molar-refractivity contribution in [2.45, 2.75) is 72.0 Å². The molecule has 6 heteroatoms. The molecule has 0 bridgehead atoms. The third kappa shape index (κ3) is 5.22. The number of benzene rings is 1. The first kappa shape index (κ1) is 22.8. The van der Waals surface area contributed by atoms with Crippen LogP contribution in [-0.2, 0) is 9.59 Å². The van der Waals surface area contributed by atoms with E-state index in [0.717, 1.165) is 50.3 Å². The van der Waals surface area contributed by atoms with E-state index in [0.29, 0.717) is 24.5 Å². The summed E-state index contributed by atoms with van der Waals surface area (Å²) in [6.07, 6.45) is 3.46. The van der Waals surface area contributed by atoms with E-state index in [1.54, 1.807) is 0 Å². The predicted octanol–water partition coefficient (Wildman–Crippen LogP) is 0.203. The molecule has 2 heterocycles. The fourth-order valence-corrected chi connectivity index (χ4v) is 5.10. The topological polar surface area (TPSA) is 58.3 Å². The number of nitrogens with zero attached hydrogens (tertiary/aromatic N) is 1. The lowest BCUT2D eigenvalue weighted by molar-refractivity contribution is -1.02. The molecule has 3 atom stereocenters. The van der Waals surface area contributed by atoms with Gasteiger partial charge >= 0.3 is 0 Å². The van der Waals surface area contributed by atoms with Gasteiger partial charge in [0.1, 0.15) is 26.2 Å². The Hall–Kier alpha value is -1.92. The molecule has 2 amide bonds. The molecule has 30 heavy (non-hydrogen) atoms. The highest BCUT2D eigenvalue weighted by molar-refractivity contribution is 5.92. The van der Waals surface area contributed by atoms with E-state index in [1.807, 2.05) is 19.1 Å². The molecule has 0 spiro atoms. The van der Waals surface area contributed by atoms with Gasteiger partial charge in [0.05, 0.1) is 0 Å². The molecule has 166 valence electrons. The third-order valence-corrected chi connectivity index (χ3v) is 7.32. The zero-order valence-corrected chi connectivity index (χ0v) is 19.4. The number of quaternary nitrogens is 2. The Balaban J connectivity index is 1.48. The van der Waals surface area contributed by atoms with Crippen LogP contribution in [0.25, 0.3) is 0 Å². The van der Waals surface area contributed by atoms with E-state index >= 15 is 0 Å². The molecule has 0 saturated carbocycles. The van der Waals surface area contributed by atoms with Gasteiger partial charge in [-0.05, 0) is 71.1 Å². The van der Waals surface area contributed by atoms with Crippen molar-refractivity contribution < 1.29 is 19.4 Å². The second-order valence-electron chi connectivity index (χ2n) is 9.48. The van der Waals surface area contributed by atoms with E-state index in [1.165, 1.54) is 21.8 Å². The van der Waals surface area contributed by atoms with Gasteiger partial charge < -0.3 is 20.0 Å². The molecule has 2 fully saturated rings. The van der Waals surface area contributed by atoms with Crippen molar-refractivity contribution in [1.29, 1.82) is 0 Å². The van der Waals surface area contributed by atoms with Crippen LogP contribution in [0.3, 0.4) is 0 Å². The Bertz CT molecular complexity index is 748. The summed E-state index contributed by atoms with van der Waals surface area (Å²) in [5, 5.41) is 3.08. The monoisotopic (exact) mass is 416 g/mol. The Labute approximate surface area is 181 Å². The Kier molecular flexibility index (Phi) is 7.53. The van der Waals surface area contributed by atoms with Crippen LogP contribution < -0.4 is 15.1 Å². The molecule has 2 aliphatic heterocycles. The number of carbonyl (C=O) groups excluding carboxylic acids is 2. The maximum absolute atomic E-state index is 13.2. The fourth-order valence-electron chi connectivity index (χ4n) is 5.10. The van der Waals surface area contributed by atoms with Crippen molar-refractivity contribution in [2.24, 2.45) is 0 Å². The van der Waals surface area contributed by atoms with Crippen LogP contribution >= 0.6 is 0 Å². The molecule has 2 saturated heterocycles. The van der Waals surface area contributed by atoms with Gasteiger partial charge in [0.2, 0.25) is 0 Å². The van der Waals surface area contributed by atoms with Crippen LogP contribution in [0.1, 0.15) is 51.2 Å². The quantitative estimate of drug-likeness (QED) is 0.643. The maximum atomic E-state index is 13.2. The van der Waals surface area contributed by atoms with Crippen molar-refractivity contribution in [3.8, 4) is 0 Å². The minimum absolute atomic E-state index is 0.00156. The van der Waals surface area contributed by atoms with Gasteiger partial charge in [0.25, 0.3) is 11.8 Å². The van der Waals surface area contributed by atoms with Gasteiger partial charge in [-0.15, -0.1) is 0 Å². The summed E-state index contributed by atoms with van der Waals surface area (Å²) in [6.45, 7) is 14.8. The summed E-state index contributed by atoms with van der Waals surface area (Å²) >= 11 is 0. The van der Waals surface area contributed by atoms with Gasteiger partial charge in [0.15, 0.2) is 12.6 Å². The van der Waals surface area contributed by atoms with Crippen molar-refractivity contribution in [3.05, 3.63) is 29.3 Å². The predicted molar refractivity (Wildman–Crippen MR) is 120 cm³/mol. The first-order valence-corrected chi connectivity index (χ1v) is 11.6. The van der Waals surface area contributed by atoms with Crippen LogP contribution in [0.5, 0.6) is 0 Å². The molecule has 1 aromatic carbocycles. The van der Waals surface area contributed by atoms with Gasteiger partial charge in [-0.1, -0.05) is 12.1 Å². The molecule has 0 aliphatic carbocycles. The van der Waals surface area contributed by atoms with Crippen LogP contribution in [0.2, 0.25) is 0 Å². The van der Waals surface area contributed by atoms with Gasteiger partial charge in [-0.2, -0.15) is 0 Å². The zero-order valence-electron chi connectivity index (χ0n) is 19.4. The zero-order chi connectivity index (χ0) is 21.8. The number of piperazine rings is 1. The van der Waals surface area contributed by atoms with E-state index in [9.17, 15) is 9.59 Å². The van der Waals surface area contributed by atoms with Crippen molar-refractivity contribution >= 4 is 17.5 Å². The molecule has 1 aromatic rings. The van der Waals surface area contributed by atoms with Crippen LogP contribution in [0.4, 0.5) is 5.69 Å². The second-order valence-corrected chi connectivity index (χ2v) is 9.48. The number of anilines is 1. The van der Waals surface area contributed by atoms with Gasteiger partial charge in [-0.3, -0.25) is 9.59 Å². The summed E-state index contributed by atoms with van der Waals surface area (Å²) in [4.78, 5) is 30.5. The number of rotatable bonds is 5. The maximum Gasteiger partial charge on any atom is 0.281 e. The summed E-state index contributed by atoms with van der Waals surface area (Å²) in [5.74, 6) is 0.378. The number of nitrogens with one attached hydrogen (secondary N) is 3. The lowest BCUT2D eigenvalue weighted by Crippen LogP contribution is -3.30. The number of hydrogen-bond acceptors (Lipinski definition) is 2. The molecular formula is C24H40N4O2+2. The average molecular weight is 417 g/mol. The number of carbonyl (C=O) groups is 2.